The number of fused-ring (bicyclic) bond motifs is 1. The first-order valence-electron chi connectivity index (χ1n) is 11.5. The Hall–Kier alpha value is -1.99. The summed E-state index contributed by atoms with van der Waals surface area (Å²) in [5.74, 6) is 0.734. The molecule has 1 aliphatic heterocycles. The minimum Gasteiger partial charge on any atom is -0.495 e. The molecule has 0 N–H and O–H groups in total. The van der Waals surface area contributed by atoms with Crippen LogP contribution in [0.2, 0.25) is 0 Å². The first kappa shape index (κ1) is 27.1. The van der Waals surface area contributed by atoms with Crippen LogP contribution in [0, 0.1) is 7.14 Å². The zero-order valence-corrected chi connectivity index (χ0v) is 25.7. The third kappa shape index (κ3) is 5.19. The molecule has 9 heteroatoms. The lowest BCUT2D eigenvalue weighted by atomic mass is 9.93. The van der Waals surface area contributed by atoms with Crippen LogP contribution in [0.3, 0.4) is 0 Å². The highest BCUT2D eigenvalue weighted by Gasteiger charge is 2.33. The molecule has 1 atom stereocenters. The van der Waals surface area contributed by atoms with Gasteiger partial charge in [0.15, 0.2) is 4.80 Å². The Balaban J connectivity index is 1.93. The van der Waals surface area contributed by atoms with Gasteiger partial charge in [-0.05, 0) is 99.8 Å². The molecule has 0 bridgehead atoms. The number of ether oxygens (including phenoxy) is 2. The lowest BCUT2D eigenvalue weighted by molar-refractivity contribution is -0.139. The standard InChI is InChI=1S/C27H26I2N2O4S/c1-6-35-26(33)22-15(4)30-27-31(23(22)18-9-7-17(8-10-18)14(2)3)25(32)21(36-27)13-16-11-19(28)24(34-5)20(29)12-16/h7-14,23H,6H2,1-5H3/b21-13-/t23-/m1/s1. The number of hydrogen-bond donors (Lipinski definition) is 0. The van der Waals surface area contributed by atoms with E-state index in [2.05, 4.69) is 76.2 Å². The summed E-state index contributed by atoms with van der Waals surface area (Å²) in [4.78, 5) is 32.0. The van der Waals surface area contributed by atoms with Crippen molar-refractivity contribution in [2.24, 2.45) is 4.99 Å². The lowest BCUT2D eigenvalue weighted by Gasteiger charge is -2.25. The highest BCUT2D eigenvalue weighted by molar-refractivity contribution is 14.1. The maximum Gasteiger partial charge on any atom is 0.338 e. The van der Waals surface area contributed by atoms with E-state index in [0.29, 0.717) is 26.5 Å². The molecule has 0 saturated heterocycles. The van der Waals surface area contributed by atoms with Gasteiger partial charge >= 0.3 is 5.97 Å². The zero-order chi connectivity index (χ0) is 26.1. The Kier molecular flexibility index (Phi) is 8.40. The molecule has 0 amide bonds. The summed E-state index contributed by atoms with van der Waals surface area (Å²) < 4.78 is 14.9. The van der Waals surface area contributed by atoms with Crippen molar-refractivity contribution in [3.8, 4) is 5.75 Å². The summed E-state index contributed by atoms with van der Waals surface area (Å²) in [6.45, 7) is 8.08. The van der Waals surface area contributed by atoms with Gasteiger partial charge in [0, 0.05) is 0 Å². The quantitative estimate of drug-likeness (QED) is 0.261. The first-order chi connectivity index (χ1) is 17.2. The maximum atomic E-state index is 13.8. The van der Waals surface area contributed by atoms with E-state index < -0.39 is 12.0 Å². The van der Waals surface area contributed by atoms with Crippen molar-refractivity contribution in [2.45, 2.75) is 39.7 Å². The number of allylic oxidation sites excluding steroid dienone is 1. The molecule has 3 aromatic rings. The van der Waals surface area contributed by atoms with E-state index in [1.807, 2.05) is 30.3 Å². The molecule has 2 aromatic carbocycles. The van der Waals surface area contributed by atoms with Gasteiger partial charge in [0.2, 0.25) is 0 Å². The van der Waals surface area contributed by atoms with Crippen LogP contribution in [-0.4, -0.2) is 24.3 Å². The summed E-state index contributed by atoms with van der Waals surface area (Å²) in [5.41, 5.74) is 3.70. The third-order valence-electron chi connectivity index (χ3n) is 5.96. The number of benzene rings is 2. The van der Waals surface area contributed by atoms with E-state index in [1.165, 1.54) is 16.9 Å². The molecule has 0 fully saturated rings. The van der Waals surface area contributed by atoms with Crippen LogP contribution in [0.25, 0.3) is 6.08 Å². The van der Waals surface area contributed by atoms with Gasteiger partial charge in [-0.25, -0.2) is 9.79 Å². The van der Waals surface area contributed by atoms with Crippen molar-refractivity contribution in [3.05, 3.63) is 91.2 Å². The second kappa shape index (κ2) is 11.2. The largest absolute Gasteiger partial charge is 0.495 e. The summed E-state index contributed by atoms with van der Waals surface area (Å²) in [7, 11) is 1.65. The van der Waals surface area contributed by atoms with E-state index in [1.54, 1.807) is 25.5 Å². The Morgan fingerprint density at radius 1 is 1.19 bits per heavy atom. The fraction of sp³-hybridized carbons (Fsp3) is 0.296. The normalized spacial score (nSPS) is 15.7. The molecular weight excluding hydrogens is 702 g/mol. The molecular formula is C27H26I2N2O4S. The van der Waals surface area contributed by atoms with Crippen molar-refractivity contribution in [1.29, 1.82) is 0 Å². The smallest absolute Gasteiger partial charge is 0.338 e. The highest BCUT2D eigenvalue weighted by Crippen LogP contribution is 2.32. The molecule has 0 radical (unpaired) electrons. The number of carbonyl (C=O) groups is 1. The van der Waals surface area contributed by atoms with Gasteiger partial charge in [-0.15, -0.1) is 0 Å². The van der Waals surface area contributed by atoms with Crippen molar-refractivity contribution in [2.75, 3.05) is 13.7 Å². The van der Waals surface area contributed by atoms with Crippen LogP contribution in [0.4, 0.5) is 0 Å². The summed E-state index contributed by atoms with van der Waals surface area (Å²) in [6.07, 6.45) is 1.87. The molecule has 1 aromatic heterocycles. The van der Waals surface area contributed by atoms with Crippen molar-refractivity contribution >= 4 is 68.6 Å². The molecule has 0 spiro atoms. The van der Waals surface area contributed by atoms with Crippen LogP contribution < -0.4 is 19.6 Å². The molecule has 0 unspecified atom stereocenters. The van der Waals surface area contributed by atoms with Crippen LogP contribution >= 0.6 is 56.5 Å². The van der Waals surface area contributed by atoms with Crippen LogP contribution in [0.1, 0.15) is 56.3 Å². The monoisotopic (exact) mass is 728 g/mol. The second-order valence-electron chi connectivity index (χ2n) is 8.64. The van der Waals surface area contributed by atoms with Crippen molar-refractivity contribution in [1.82, 2.24) is 4.57 Å². The minimum absolute atomic E-state index is 0.188. The zero-order valence-electron chi connectivity index (χ0n) is 20.6. The molecule has 36 heavy (non-hydrogen) atoms. The average molecular weight is 728 g/mol. The number of halogens is 2. The predicted molar refractivity (Wildman–Crippen MR) is 159 cm³/mol. The number of nitrogens with zero attached hydrogens (tertiary/aromatic N) is 2. The number of methoxy groups -OCH3 is 1. The van der Waals surface area contributed by atoms with Crippen LogP contribution in [0.15, 0.2) is 57.5 Å². The number of aromatic nitrogens is 1. The van der Waals surface area contributed by atoms with Gasteiger partial charge in [-0.3, -0.25) is 9.36 Å². The van der Waals surface area contributed by atoms with Crippen molar-refractivity contribution < 1.29 is 14.3 Å². The Labute approximate surface area is 241 Å². The molecule has 1 aliphatic rings. The number of thiazole rings is 1. The van der Waals surface area contributed by atoms with Gasteiger partial charge in [0.05, 0.1) is 42.7 Å². The Morgan fingerprint density at radius 3 is 2.39 bits per heavy atom. The van der Waals surface area contributed by atoms with Crippen molar-refractivity contribution in [3.63, 3.8) is 0 Å². The first-order valence-corrected chi connectivity index (χ1v) is 14.5. The number of carbonyl (C=O) groups excluding carboxylic acids is 1. The van der Waals surface area contributed by atoms with E-state index in [0.717, 1.165) is 24.0 Å². The molecule has 0 saturated carbocycles. The Bertz CT molecular complexity index is 1510. The van der Waals surface area contributed by atoms with Gasteiger partial charge in [0.25, 0.3) is 5.56 Å². The fourth-order valence-corrected chi connectivity index (χ4v) is 7.48. The van der Waals surface area contributed by atoms with E-state index in [-0.39, 0.29) is 12.2 Å². The number of hydrogen-bond acceptors (Lipinski definition) is 6. The fourth-order valence-electron chi connectivity index (χ4n) is 4.18. The minimum atomic E-state index is -0.611. The van der Waals surface area contributed by atoms with Gasteiger partial charge in [0.1, 0.15) is 5.75 Å². The molecule has 6 nitrogen and oxygen atoms in total. The summed E-state index contributed by atoms with van der Waals surface area (Å²) >= 11 is 5.78. The lowest BCUT2D eigenvalue weighted by Crippen LogP contribution is -2.39. The summed E-state index contributed by atoms with van der Waals surface area (Å²) in [6, 6.07) is 11.4. The topological polar surface area (TPSA) is 69.9 Å². The molecule has 0 aliphatic carbocycles. The maximum absolute atomic E-state index is 13.8. The highest BCUT2D eigenvalue weighted by atomic mass is 127. The second-order valence-corrected chi connectivity index (χ2v) is 12.0. The predicted octanol–water partition coefficient (Wildman–Crippen LogP) is 5.14. The van der Waals surface area contributed by atoms with Crippen LogP contribution in [0.5, 0.6) is 5.75 Å². The van der Waals surface area contributed by atoms with Gasteiger partial charge in [-0.2, -0.15) is 0 Å². The molecule has 4 rings (SSSR count). The van der Waals surface area contributed by atoms with Gasteiger partial charge in [-0.1, -0.05) is 49.4 Å². The van der Waals surface area contributed by atoms with Crippen LogP contribution in [-0.2, 0) is 9.53 Å². The van der Waals surface area contributed by atoms with Gasteiger partial charge < -0.3 is 9.47 Å². The molecule has 188 valence electrons. The SMILES string of the molecule is CCOC(=O)C1=C(C)N=c2s/c(=C\c3cc(I)c(OC)c(I)c3)c(=O)n2[C@@H]1c1ccc(C(C)C)cc1. The summed E-state index contributed by atoms with van der Waals surface area (Å²) in [5, 5.41) is 0. The molecule has 2 heterocycles. The van der Waals surface area contributed by atoms with E-state index >= 15 is 0 Å². The van der Waals surface area contributed by atoms with E-state index in [4.69, 9.17) is 9.47 Å². The average Bonchev–Trinajstić information content (AvgIpc) is 3.12. The number of esters is 1. The number of rotatable bonds is 6. The Morgan fingerprint density at radius 2 is 1.83 bits per heavy atom. The van der Waals surface area contributed by atoms with E-state index in [9.17, 15) is 9.59 Å². The third-order valence-corrected chi connectivity index (χ3v) is 8.54.